The minimum Gasteiger partial charge on any atom is -0.707 e. The van der Waals surface area contributed by atoms with Crippen molar-refractivity contribution >= 4 is 86.2 Å². The van der Waals surface area contributed by atoms with Gasteiger partial charge >= 0.3 is 10.3 Å². The lowest BCUT2D eigenvalue weighted by molar-refractivity contribution is -0.712. The maximum atomic E-state index is 9.47. The van der Waals surface area contributed by atoms with E-state index in [4.69, 9.17) is 16.2 Å². The van der Waals surface area contributed by atoms with Crippen molar-refractivity contribution in [1.29, 1.82) is 0 Å². The van der Waals surface area contributed by atoms with Gasteiger partial charge in [0.1, 0.15) is 25.5 Å². The van der Waals surface area contributed by atoms with Crippen LogP contribution in [0.5, 0.6) is 0 Å². The fraction of sp³-hybridized carbons (Fsp3) is 0.385. The Morgan fingerprint density at radius 1 is 0.780 bits per heavy atom. The van der Waals surface area contributed by atoms with Crippen LogP contribution in [0.3, 0.4) is 0 Å². The molecule has 2 aromatic heterocycles. The molecule has 0 aliphatic carbocycles. The molecule has 0 spiro atoms. The van der Waals surface area contributed by atoms with Crippen molar-refractivity contribution in [3.05, 3.63) is 48.0 Å². The summed E-state index contributed by atoms with van der Waals surface area (Å²) in [6.45, 7) is 2.07. The van der Waals surface area contributed by atoms with Crippen molar-refractivity contribution < 1.29 is 45.4 Å². The van der Waals surface area contributed by atoms with Crippen molar-refractivity contribution in [2.75, 3.05) is 68.6 Å². The van der Waals surface area contributed by atoms with Gasteiger partial charge in [-0.2, -0.15) is 0 Å². The summed E-state index contributed by atoms with van der Waals surface area (Å²) < 4.78 is 46.5. The molecule has 0 saturated carbocycles. The van der Waals surface area contributed by atoms with Crippen LogP contribution in [0.15, 0.2) is 62.9 Å². The Kier molecular flexibility index (Phi) is 17.8. The zero-order valence-corrected chi connectivity index (χ0v) is 32.3. The first-order valence-corrected chi connectivity index (χ1v) is 19.0. The lowest BCUT2D eigenvalue weighted by Crippen LogP contribution is -2.29. The number of aryl methyl sites for hydroxylation is 3. The number of nitrogens with one attached hydrogen (secondary N) is 1. The first-order valence-electron chi connectivity index (χ1n) is 13.8. The van der Waals surface area contributed by atoms with E-state index in [1.165, 1.54) is 33.9 Å². The van der Waals surface area contributed by atoms with Gasteiger partial charge in [0.25, 0.3) is 20.2 Å². The number of hydrogen-bond donors (Lipinski definition) is 2. The second-order valence-corrected chi connectivity index (χ2v) is 15.2. The molecule has 0 aliphatic rings. The lowest BCUT2D eigenvalue weighted by atomic mass is 10.1. The third-order valence-corrected chi connectivity index (χ3v) is 7.74. The minimum absolute atomic E-state index is 0.481. The molecule has 276 valence electrons. The van der Waals surface area contributed by atoms with Gasteiger partial charge < -0.3 is 40.0 Å². The fourth-order valence-electron chi connectivity index (χ4n) is 3.22. The Bertz CT molecular complexity index is 1900. The summed E-state index contributed by atoms with van der Waals surface area (Å²) >= 11 is 2.77. The molecule has 50 heavy (non-hydrogen) atoms. The van der Waals surface area contributed by atoms with Gasteiger partial charge in [-0.25, -0.2) is 16.8 Å². The van der Waals surface area contributed by atoms with Crippen molar-refractivity contribution in [2.45, 2.75) is 6.92 Å². The molecule has 0 unspecified atom stereocenters. The van der Waals surface area contributed by atoms with E-state index in [1.54, 1.807) is 16.4 Å². The van der Waals surface area contributed by atoms with Crippen LogP contribution in [-0.2, 0) is 43.0 Å². The van der Waals surface area contributed by atoms with Crippen molar-refractivity contribution in [3.63, 3.8) is 0 Å². The van der Waals surface area contributed by atoms with Crippen LogP contribution in [0.25, 0.3) is 0 Å². The highest BCUT2D eigenvalue weighted by Gasteiger charge is 2.15. The quantitative estimate of drug-likeness (QED) is 0.105. The van der Waals surface area contributed by atoms with E-state index in [2.05, 4.69) is 62.5 Å². The maximum Gasteiger partial charge on any atom is 0.431 e. The van der Waals surface area contributed by atoms with Crippen molar-refractivity contribution in [2.24, 2.45) is 34.6 Å². The lowest BCUT2D eigenvalue weighted by Gasteiger charge is -2.14. The molecule has 0 aliphatic heterocycles. The van der Waals surface area contributed by atoms with Crippen LogP contribution in [-0.4, -0.2) is 74.8 Å². The number of nitrogens with zero attached hydrogens (tertiary/aromatic N) is 10. The average molecular weight is 777 g/mol. The number of nitrogens with two attached hydrogens (primary N) is 1. The van der Waals surface area contributed by atoms with Crippen LogP contribution in [0.4, 0.5) is 43.3 Å². The molecule has 0 atom stereocenters. The normalized spacial score (nSPS) is 11.2. The molecule has 2 heterocycles. The predicted molar refractivity (Wildman–Crippen MR) is 187 cm³/mol. The highest BCUT2D eigenvalue weighted by atomic mass is 32.2. The van der Waals surface area contributed by atoms with E-state index < -0.39 is 20.2 Å². The summed E-state index contributed by atoms with van der Waals surface area (Å²) in [6, 6.07) is 13.9. The Morgan fingerprint density at radius 3 is 1.62 bits per heavy atom. The van der Waals surface area contributed by atoms with Gasteiger partial charge in [0.2, 0.25) is 10.3 Å². The zero-order valence-electron chi connectivity index (χ0n) is 29.0. The standard InChI is InChI=1S/C13H19N6S.C11H15N6S.2CH4O4S/c1-9-8-10(6-7-11(9)18(3)4)15-16-13-19(5)17-12(14-2)20-13;1-16(2)9-6-4-8(5-7-9)13-14-11-17(3)15-10(12)18-11;2*1-6(3,4)5-2/h6-8H,1-5H3,(H,14,17);4-7H,1-3H3,(H2,12,15);2*2H,1H3/q2*+1;;/p-2. The number of rotatable bonds is 9. The van der Waals surface area contributed by atoms with Crippen LogP contribution in [0.2, 0.25) is 0 Å². The highest BCUT2D eigenvalue weighted by Crippen LogP contribution is 2.27. The van der Waals surface area contributed by atoms with Crippen LogP contribution < -0.4 is 40.7 Å². The molecular weight excluding hydrogens is 737 g/mol. The molecule has 0 fully saturated rings. The molecule has 4 rings (SSSR count). The number of nitrogen functional groups attached to an aromatic ring is 1. The molecule has 4 aromatic rings. The van der Waals surface area contributed by atoms with Gasteiger partial charge in [-0.3, -0.25) is 0 Å². The third-order valence-electron chi connectivity index (χ3n) is 5.42. The number of benzene rings is 2. The number of anilines is 4. The van der Waals surface area contributed by atoms with E-state index in [9.17, 15) is 16.8 Å². The molecule has 20 nitrogen and oxygen atoms in total. The summed E-state index contributed by atoms with van der Waals surface area (Å²) in [6.07, 6.45) is 1.36. The second-order valence-electron chi connectivity index (χ2n) is 10.1. The monoisotopic (exact) mass is 776 g/mol. The Morgan fingerprint density at radius 2 is 1.24 bits per heavy atom. The second kappa shape index (κ2) is 20.4. The fourth-order valence-corrected chi connectivity index (χ4v) is 4.51. The predicted octanol–water partition coefficient (Wildman–Crippen LogP) is 1.31. The van der Waals surface area contributed by atoms with Gasteiger partial charge in [0, 0.05) is 46.6 Å². The summed E-state index contributed by atoms with van der Waals surface area (Å²) in [5, 5.41) is 48.5. The molecule has 3 N–H and O–H groups in total. The van der Waals surface area contributed by atoms with E-state index in [0.29, 0.717) is 22.8 Å². The van der Waals surface area contributed by atoms with Gasteiger partial charge in [0.05, 0.1) is 22.7 Å². The van der Waals surface area contributed by atoms with Gasteiger partial charge in [-0.05, 0) is 87.9 Å². The van der Waals surface area contributed by atoms with E-state index in [1.807, 2.05) is 83.6 Å². The summed E-state index contributed by atoms with van der Waals surface area (Å²) in [5.41, 5.74) is 10.7. The van der Waals surface area contributed by atoms with Crippen molar-refractivity contribution in [3.8, 4) is 0 Å². The van der Waals surface area contributed by atoms with E-state index in [0.717, 1.165) is 27.3 Å². The summed E-state index contributed by atoms with van der Waals surface area (Å²) in [7, 11) is 6.09. The molecule has 0 radical (unpaired) electrons. The van der Waals surface area contributed by atoms with Crippen LogP contribution >= 0.6 is 22.7 Å². The molecule has 2 aromatic carbocycles. The molecule has 24 heteroatoms. The Hall–Kier alpha value is -4.30. The average Bonchev–Trinajstić information content (AvgIpc) is 3.58. The van der Waals surface area contributed by atoms with Gasteiger partial charge in [-0.15, -0.1) is 9.36 Å². The van der Waals surface area contributed by atoms with Crippen molar-refractivity contribution in [1.82, 2.24) is 10.2 Å². The summed E-state index contributed by atoms with van der Waals surface area (Å²) in [4.78, 5) is 4.11. The van der Waals surface area contributed by atoms with E-state index in [-0.39, 0.29) is 0 Å². The summed E-state index contributed by atoms with van der Waals surface area (Å²) in [5.74, 6) is 0. The van der Waals surface area contributed by atoms with E-state index >= 15 is 0 Å². The zero-order chi connectivity index (χ0) is 38.2. The maximum absolute atomic E-state index is 9.47. The largest absolute Gasteiger partial charge is 0.707 e. The first-order chi connectivity index (χ1) is 23.2. The number of aromatic nitrogens is 4. The molecule has 0 saturated heterocycles. The number of hydrogen-bond acceptors (Lipinski definition) is 20. The molecular formula is C26H40N12O8S4. The first kappa shape index (κ1) is 43.7. The Balaban J connectivity index is 0.000000380. The molecule has 0 bridgehead atoms. The highest BCUT2D eigenvalue weighted by molar-refractivity contribution is 7.86. The molecule has 0 amide bonds. The minimum atomic E-state index is -3.72. The number of azo groups is 2. The topological polar surface area (TPSA) is 260 Å². The van der Waals surface area contributed by atoms with Crippen LogP contribution in [0, 0.1) is 6.92 Å². The van der Waals surface area contributed by atoms with Gasteiger partial charge in [-0.1, -0.05) is 10.2 Å². The van der Waals surface area contributed by atoms with Gasteiger partial charge in [0.15, 0.2) is 0 Å². The van der Waals surface area contributed by atoms with Crippen LogP contribution in [0.1, 0.15) is 5.56 Å². The third kappa shape index (κ3) is 16.9. The smallest absolute Gasteiger partial charge is 0.431 e. The SMILES string of the molecule is CN(C)c1ccc(N=Nc2sc(N)n[n+]2C)cc1.CNc1n[n+](C)c(N=Nc2ccc(N(C)C)c(C)c2)s1.CS(=O)(=O)O[O-].CS(=O)(=O)O[O-]. The Labute approximate surface area is 298 Å².